The Kier molecular flexibility index (Phi) is 17.6. The zero-order valence-electron chi connectivity index (χ0n) is 32.0. The van der Waals surface area contributed by atoms with Crippen molar-refractivity contribution in [3.8, 4) is 0 Å². The number of benzene rings is 4. The number of carbonyl (C=O) groups excluding carboxylic acids is 2. The van der Waals surface area contributed by atoms with Gasteiger partial charge in [0.2, 0.25) is 11.6 Å². The van der Waals surface area contributed by atoms with Gasteiger partial charge in [-0.05, 0) is 66.2 Å². The third-order valence-electron chi connectivity index (χ3n) is 7.95. The molecule has 2 aliphatic rings. The molecule has 62 heavy (non-hydrogen) atoms. The molecule has 0 aliphatic heterocycles. The van der Waals surface area contributed by atoms with Gasteiger partial charge in [-0.3, -0.25) is 30.6 Å². The van der Waals surface area contributed by atoms with Gasteiger partial charge in [-0.2, -0.15) is 10.2 Å². The van der Waals surface area contributed by atoms with E-state index in [1.54, 1.807) is 30.3 Å². The largest absolute Gasteiger partial charge is 1.00 e. The van der Waals surface area contributed by atoms with Crippen LogP contribution in [0.15, 0.2) is 144 Å². The number of aliphatic hydroxyl groups excluding tert-OH is 1. The third-order valence-corrected chi connectivity index (χ3v) is 10.5. The average Bonchev–Trinajstić information content (AvgIpc) is 3.16. The van der Waals surface area contributed by atoms with Crippen LogP contribution in [0, 0.1) is 10.1 Å². The molecule has 0 unspecified atom stereocenters. The first-order chi connectivity index (χ1) is 27.7. The van der Waals surface area contributed by atoms with Crippen LogP contribution in [0.25, 0.3) is 6.08 Å². The Morgan fingerprint density at radius 2 is 1.29 bits per heavy atom. The number of allylic oxidation sites excluding steroid dienone is 3. The molecule has 4 N–H and O–H groups in total. The predicted molar refractivity (Wildman–Crippen MR) is 204 cm³/mol. The van der Waals surface area contributed by atoms with E-state index in [1.165, 1.54) is 12.1 Å². The van der Waals surface area contributed by atoms with E-state index in [4.69, 9.17) is 0 Å². The van der Waals surface area contributed by atoms with Crippen molar-refractivity contribution in [1.82, 2.24) is 0 Å². The van der Waals surface area contributed by atoms with E-state index in [-0.39, 0.29) is 111 Å². The first kappa shape index (κ1) is 52.1. The Balaban J connectivity index is 0.00000341. The second-order valence-electron chi connectivity index (χ2n) is 11.9. The maximum Gasteiger partial charge on any atom is 1.00 e. The van der Waals surface area contributed by atoms with E-state index in [2.05, 4.69) is 36.6 Å². The molecule has 0 aromatic heterocycles. The number of carbonyl (C=O) groups is 2. The number of azo groups is 1. The number of hydrogen-bond acceptors (Lipinski definition) is 21. The standard InChI is InChI=1S/C34H24N8O14S3.3Na/c43-28-17-29(44)26(16-25(28)38-37-21-8-11-24(30(14-21)58(51,52)53)35-19-4-2-1-3-5-19)39-40-27-15-23(57(48,49)50)12-18-13-31(59(54,55)56)33(34(45)32(18)27)41-36-20-6-9-22(10-7-20)42(46)47;;;/h1-17,35-37,44H,(H,48,49,50)(H,51,52,53)(H,54,55,56);;;/q;3*+1/p-3/b38-25-,40-39?,41-33+;;;. The number of para-hydroxylation sites is 1. The molecule has 22 nitrogen and oxygen atoms in total. The van der Waals surface area contributed by atoms with Crippen molar-refractivity contribution in [2.45, 2.75) is 9.79 Å². The molecule has 0 atom stereocenters. The molecule has 0 saturated heterocycles. The summed E-state index contributed by atoms with van der Waals surface area (Å²) in [4.78, 5) is 33.8. The molecule has 6 rings (SSSR count). The van der Waals surface area contributed by atoms with Crippen molar-refractivity contribution in [3.05, 3.63) is 135 Å². The Morgan fingerprint density at radius 1 is 0.661 bits per heavy atom. The van der Waals surface area contributed by atoms with Gasteiger partial charge in [0.1, 0.15) is 53.2 Å². The molecular weight excluding hydrogens is 910 g/mol. The zero-order chi connectivity index (χ0) is 42.9. The molecule has 28 heteroatoms. The van der Waals surface area contributed by atoms with Crippen molar-refractivity contribution in [1.29, 1.82) is 0 Å². The number of hydrogen-bond donors (Lipinski definition) is 4. The molecule has 0 radical (unpaired) electrons. The van der Waals surface area contributed by atoms with E-state index in [1.807, 2.05) is 0 Å². The Morgan fingerprint density at radius 3 is 1.89 bits per heavy atom. The fraction of sp³-hybridized carbons (Fsp3) is 0. The molecule has 0 saturated carbocycles. The van der Waals surface area contributed by atoms with E-state index in [0.29, 0.717) is 30.0 Å². The number of nitrogens with zero attached hydrogens (tertiary/aromatic N) is 5. The minimum absolute atomic E-state index is 0. The number of anilines is 4. The number of rotatable bonds is 12. The van der Waals surface area contributed by atoms with E-state index >= 15 is 0 Å². The first-order valence-corrected chi connectivity index (χ1v) is 20.2. The number of nitro benzene ring substituents is 1. The summed E-state index contributed by atoms with van der Waals surface area (Å²) in [5.41, 5.74) is 0.700. The van der Waals surface area contributed by atoms with Crippen LogP contribution in [0.3, 0.4) is 0 Å². The van der Waals surface area contributed by atoms with E-state index < -0.39 is 101 Å². The smallest absolute Gasteiger partial charge is 0.744 e. The summed E-state index contributed by atoms with van der Waals surface area (Å²) in [6.07, 6.45) is 2.05. The van der Waals surface area contributed by atoms with Crippen LogP contribution >= 0.6 is 0 Å². The van der Waals surface area contributed by atoms with Crippen molar-refractivity contribution in [2.24, 2.45) is 20.4 Å². The quantitative estimate of drug-likeness (QED) is 0.0259. The summed E-state index contributed by atoms with van der Waals surface area (Å²) < 4.78 is 109. The monoisotopic (exact) mass is 930 g/mol. The summed E-state index contributed by atoms with van der Waals surface area (Å²) in [6, 6.07) is 17.4. The van der Waals surface area contributed by atoms with Crippen molar-refractivity contribution in [2.75, 3.05) is 16.2 Å². The van der Waals surface area contributed by atoms with Crippen molar-refractivity contribution in [3.63, 3.8) is 0 Å². The molecular formula is C34H21N8Na3O14S3. The molecule has 4 aromatic rings. The van der Waals surface area contributed by atoms with E-state index in [9.17, 15) is 63.7 Å². The zero-order valence-corrected chi connectivity index (χ0v) is 40.5. The van der Waals surface area contributed by atoms with Gasteiger partial charge >= 0.3 is 88.7 Å². The molecule has 302 valence electrons. The number of ketones is 2. The van der Waals surface area contributed by atoms with Crippen molar-refractivity contribution >= 4 is 93.5 Å². The topological polar surface area (TPSA) is 355 Å². The molecule has 0 spiro atoms. The minimum Gasteiger partial charge on any atom is -0.744 e. The fourth-order valence-corrected chi connectivity index (χ4v) is 7.08. The molecule has 0 heterocycles. The molecule has 4 aromatic carbocycles. The van der Waals surface area contributed by atoms with Gasteiger partial charge < -0.3 is 24.1 Å². The minimum atomic E-state index is -5.53. The van der Waals surface area contributed by atoms with Crippen LogP contribution in [-0.4, -0.2) is 71.9 Å². The number of nitro groups is 1. The summed E-state index contributed by atoms with van der Waals surface area (Å²) in [7, 11) is -15.9. The van der Waals surface area contributed by atoms with Crippen LogP contribution in [0.5, 0.6) is 0 Å². The van der Waals surface area contributed by atoms with Crippen LogP contribution in [0.2, 0.25) is 0 Å². The number of Topliss-reactive ketones (excluding diaryl/α,β-unsaturated/α-hetero) is 1. The number of nitrogens with one attached hydrogen (secondary N) is 3. The Bertz CT molecular complexity index is 3020. The summed E-state index contributed by atoms with van der Waals surface area (Å²) in [6.45, 7) is 0. The molecule has 0 amide bonds. The average molecular weight is 931 g/mol. The summed E-state index contributed by atoms with van der Waals surface area (Å²) >= 11 is 0. The number of non-ortho nitro benzene ring substituents is 1. The van der Waals surface area contributed by atoms with Gasteiger partial charge in [-0.25, -0.2) is 25.3 Å². The molecule has 0 fully saturated rings. The number of fused-ring (bicyclic) bond motifs is 1. The fourth-order valence-electron chi connectivity index (χ4n) is 5.25. The second-order valence-corrected chi connectivity index (χ2v) is 16.0. The van der Waals surface area contributed by atoms with Crippen molar-refractivity contribution < 1.29 is 147 Å². The van der Waals surface area contributed by atoms with Gasteiger partial charge in [-0.1, -0.05) is 18.2 Å². The van der Waals surface area contributed by atoms with E-state index in [0.717, 1.165) is 36.4 Å². The summed E-state index contributed by atoms with van der Waals surface area (Å²) in [5, 5.41) is 39.4. The number of aliphatic hydroxyl groups is 1. The normalized spacial score (nSPS) is 15.2. The Labute approximate surface area is 417 Å². The first-order valence-electron chi connectivity index (χ1n) is 16.0. The van der Waals surface area contributed by atoms with Crippen LogP contribution in [0.4, 0.5) is 34.1 Å². The summed E-state index contributed by atoms with van der Waals surface area (Å²) in [5.74, 6) is -3.09. The second kappa shape index (κ2) is 20.9. The third kappa shape index (κ3) is 12.5. The van der Waals surface area contributed by atoms with Gasteiger partial charge in [0.15, 0.2) is 0 Å². The SMILES string of the molecule is O=C1C=C(O)C(N=Nc2cc(S(=O)(=O)[O-])cc3c2C(=O)/C(=N/Nc2ccc([N+](=O)[O-])cc2)C(S(=O)(=O)[O-])=C3)=C/C1=N/Nc1ccc(Nc2ccccc2)c(S(=O)(=O)[O-])c1.[Na+].[Na+].[Na+]. The Hall–Kier alpha value is -4.29. The molecule has 0 bridgehead atoms. The predicted octanol–water partition coefficient (Wildman–Crippen LogP) is -4.83. The maximum atomic E-state index is 13.8. The maximum absolute atomic E-state index is 13.8. The van der Waals surface area contributed by atoms with Gasteiger partial charge in [0.05, 0.1) is 47.9 Å². The van der Waals surface area contributed by atoms with Gasteiger partial charge in [0, 0.05) is 30.0 Å². The number of hydrazone groups is 2. The van der Waals surface area contributed by atoms with Crippen LogP contribution < -0.4 is 105 Å². The van der Waals surface area contributed by atoms with Gasteiger partial charge in [-0.15, -0.1) is 10.2 Å². The van der Waals surface area contributed by atoms with Crippen LogP contribution in [0.1, 0.15) is 15.9 Å². The van der Waals surface area contributed by atoms with Gasteiger partial charge in [0.25, 0.3) is 5.69 Å². The van der Waals surface area contributed by atoms with Crippen LogP contribution in [-0.2, 0) is 35.1 Å². The molecule has 2 aliphatic carbocycles.